The van der Waals surface area contributed by atoms with Crippen LogP contribution in [0.2, 0.25) is 0 Å². The summed E-state index contributed by atoms with van der Waals surface area (Å²) in [6.07, 6.45) is 2.49. The first-order chi connectivity index (χ1) is 15.2. The van der Waals surface area contributed by atoms with Crippen molar-refractivity contribution in [3.63, 3.8) is 0 Å². The Morgan fingerprint density at radius 2 is 1.84 bits per heavy atom. The average Bonchev–Trinajstić information content (AvgIpc) is 3.11. The predicted octanol–water partition coefficient (Wildman–Crippen LogP) is 2.98. The predicted molar refractivity (Wildman–Crippen MR) is 114 cm³/mol. The summed E-state index contributed by atoms with van der Waals surface area (Å²) in [4.78, 5) is 21.1. The van der Waals surface area contributed by atoms with Crippen molar-refractivity contribution in [3.05, 3.63) is 77.8 Å². The van der Waals surface area contributed by atoms with Gasteiger partial charge in [0.05, 0.1) is 16.8 Å². The molecule has 0 radical (unpaired) electrons. The van der Waals surface area contributed by atoms with Gasteiger partial charge in [-0.15, -0.1) is 0 Å². The summed E-state index contributed by atoms with van der Waals surface area (Å²) in [7, 11) is -2.68. The third-order valence-corrected chi connectivity index (χ3v) is 6.26. The van der Waals surface area contributed by atoms with E-state index < -0.39 is 27.6 Å². The highest BCUT2D eigenvalue weighted by Gasteiger charge is 2.22. The molecule has 0 atom stereocenters. The molecule has 0 fully saturated rings. The van der Waals surface area contributed by atoms with E-state index in [0.717, 1.165) is 12.1 Å². The third kappa shape index (κ3) is 3.95. The highest BCUT2D eigenvalue weighted by atomic mass is 32.2. The lowest BCUT2D eigenvalue weighted by Crippen LogP contribution is -2.24. The van der Waals surface area contributed by atoms with Crippen molar-refractivity contribution in [1.29, 1.82) is 0 Å². The minimum Gasteiger partial charge on any atom is -0.267 e. The van der Waals surface area contributed by atoms with E-state index in [2.05, 4.69) is 20.1 Å². The van der Waals surface area contributed by atoms with Crippen molar-refractivity contribution < 1.29 is 22.0 Å². The van der Waals surface area contributed by atoms with Crippen LogP contribution >= 0.6 is 0 Å². The number of hydrogen-bond donors (Lipinski definition) is 2. The van der Waals surface area contributed by atoms with Crippen LogP contribution in [0.15, 0.2) is 59.8 Å². The fourth-order valence-corrected chi connectivity index (χ4v) is 4.13. The van der Waals surface area contributed by atoms with Gasteiger partial charge in [0.25, 0.3) is 5.91 Å². The number of fused-ring (bicyclic) bond motifs is 1. The maximum atomic E-state index is 13.7. The number of hydrogen-bond acceptors (Lipinski definition) is 5. The van der Waals surface area contributed by atoms with Gasteiger partial charge in [-0.3, -0.25) is 14.9 Å². The normalized spacial score (nSPS) is 11.6. The van der Waals surface area contributed by atoms with E-state index in [1.54, 1.807) is 13.0 Å². The molecular weight excluding hydrogens is 440 g/mol. The first-order valence-electron chi connectivity index (χ1n) is 9.34. The topological polar surface area (TPSA) is 106 Å². The Labute approximate surface area is 182 Å². The quantitative estimate of drug-likeness (QED) is 0.479. The number of nitrogens with zero attached hydrogens (tertiary/aromatic N) is 3. The average molecular weight is 457 g/mol. The molecule has 32 heavy (non-hydrogen) atoms. The number of rotatable bonds is 5. The van der Waals surface area contributed by atoms with Gasteiger partial charge in [-0.1, -0.05) is 12.1 Å². The Morgan fingerprint density at radius 3 is 2.53 bits per heavy atom. The summed E-state index contributed by atoms with van der Waals surface area (Å²) in [5, 5.41) is 0.106. The molecule has 11 heteroatoms. The van der Waals surface area contributed by atoms with Crippen LogP contribution in [-0.4, -0.2) is 36.0 Å². The molecule has 2 heterocycles. The zero-order valence-electron chi connectivity index (χ0n) is 16.9. The van der Waals surface area contributed by atoms with Gasteiger partial charge in [-0.25, -0.2) is 31.9 Å². The zero-order chi connectivity index (χ0) is 23.0. The summed E-state index contributed by atoms with van der Waals surface area (Å²) in [6, 6.07) is 9.34. The van der Waals surface area contributed by atoms with Crippen molar-refractivity contribution in [3.8, 4) is 11.4 Å². The number of nitrogens with one attached hydrogen (secondary N) is 2. The molecule has 164 valence electrons. The molecule has 0 aliphatic heterocycles. The van der Waals surface area contributed by atoms with Gasteiger partial charge >= 0.3 is 0 Å². The van der Waals surface area contributed by atoms with Crippen molar-refractivity contribution in [2.45, 2.75) is 11.8 Å². The number of carbonyl (C=O) groups is 1. The Kier molecular flexibility index (Phi) is 5.45. The first-order valence-corrected chi connectivity index (χ1v) is 10.8. The Hall–Kier alpha value is -3.70. The van der Waals surface area contributed by atoms with Gasteiger partial charge in [-0.05, 0) is 44.3 Å². The SMILES string of the molecule is CNS(=O)(=O)c1cn(NC(=O)c2cnc(-c3cccc(F)c3)nc2C)c2ccc(F)cc12. The number of aryl methyl sites for hydroxylation is 1. The smallest absolute Gasteiger partial charge is 0.267 e. The minimum atomic E-state index is -3.91. The van der Waals surface area contributed by atoms with E-state index in [1.165, 1.54) is 48.4 Å². The maximum absolute atomic E-state index is 13.7. The molecule has 2 aromatic heterocycles. The van der Waals surface area contributed by atoms with Crippen LogP contribution in [0.1, 0.15) is 16.1 Å². The maximum Gasteiger partial charge on any atom is 0.273 e. The highest BCUT2D eigenvalue weighted by Crippen LogP contribution is 2.26. The van der Waals surface area contributed by atoms with Crippen LogP contribution in [0.5, 0.6) is 0 Å². The minimum absolute atomic E-state index is 0.106. The van der Waals surface area contributed by atoms with Gasteiger partial charge in [-0.2, -0.15) is 0 Å². The third-order valence-electron chi connectivity index (χ3n) is 4.82. The second kappa shape index (κ2) is 8.09. The van der Waals surface area contributed by atoms with Crippen LogP contribution in [0.25, 0.3) is 22.3 Å². The van der Waals surface area contributed by atoms with Crippen molar-refractivity contribution in [1.82, 2.24) is 19.4 Å². The number of aromatic nitrogens is 3. The number of amides is 1. The zero-order valence-corrected chi connectivity index (χ0v) is 17.7. The fourth-order valence-electron chi connectivity index (χ4n) is 3.21. The number of halogens is 2. The molecule has 8 nitrogen and oxygen atoms in total. The van der Waals surface area contributed by atoms with Crippen LogP contribution in [0.3, 0.4) is 0 Å². The Morgan fingerprint density at radius 1 is 1.09 bits per heavy atom. The van der Waals surface area contributed by atoms with E-state index in [4.69, 9.17) is 0 Å². The number of benzene rings is 2. The van der Waals surface area contributed by atoms with Crippen LogP contribution in [0, 0.1) is 18.6 Å². The van der Waals surface area contributed by atoms with Crippen LogP contribution < -0.4 is 10.1 Å². The molecule has 0 aliphatic carbocycles. The first kappa shape index (κ1) is 21.5. The highest BCUT2D eigenvalue weighted by molar-refractivity contribution is 7.89. The van der Waals surface area contributed by atoms with Crippen molar-refractivity contribution in [2.24, 2.45) is 0 Å². The lowest BCUT2D eigenvalue weighted by atomic mass is 10.2. The van der Waals surface area contributed by atoms with Gasteiger partial charge in [0.15, 0.2) is 5.82 Å². The molecule has 2 aromatic carbocycles. The monoisotopic (exact) mass is 457 g/mol. The van der Waals surface area contributed by atoms with E-state index in [0.29, 0.717) is 11.3 Å². The molecule has 4 aromatic rings. The summed E-state index contributed by atoms with van der Waals surface area (Å²) in [5.74, 6) is -1.41. The van der Waals surface area contributed by atoms with E-state index in [-0.39, 0.29) is 27.2 Å². The lowest BCUT2D eigenvalue weighted by molar-refractivity contribution is 0.101. The summed E-state index contributed by atoms with van der Waals surface area (Å²) >= 11 is 0. The standard InChI is InChI=1S/C21H17F2N5O3S/c1-12-17(10-25-20(26-12)13-4-3-5-14(22)8-13)21(29)27-28-11-19(32(30,31)24-2)16-9-15(23)6-7-18(16)28/h3-11,24H,1-2H3,(H,27,29). The van der Waals surface area contributed by atoms with Gasteiger partial charge in [0.1, 0.15) is 16.5 Å². The number of carbonyl (C=O) groups excluding carboxylic acids is 1. The van der Waals surface area contributed by atoms with E-state index >= 15 is 0 Å². The van der Waals surface area contributed by atoms with Gasteiger partial charge < -0.3 is 0 Å². The molecule has 4 rings (SSSR count). The number of sulfonamides is 1. The van der Waals surface area contributed by atoms with Gasteiger partial charge in [0.2, 0.25) is 10.0 Å². The van der Waals surface area contributed by atoms with Gasteiger partial charge in [0, 0.05) is 23.3 Å². The van der Waals surface area contributed by atoms with Crippen molar-refractivity contribution in [2.75, 3.05) is 12.5 Å². The molecule has 0 bridgehead atoms. The molecular formula is C21H17F2N5O3S. The largest absolute Gasteiger partial charge is 0.273 e. The Bertz CT molecular complexity index is 1470. The second-order valence-corrected chi connectivity index (χ2v) is 8.73. The van der Waals surface area contributed by atoms with E-state index in [1.807, 2.05) is 0 Å². The fraction of sp³-hybridized carbons (Fsp3) is 0.0952. The molecule has 0 saturated carbocycles. The Balaban J connectivity index is 1.70. The molecule has 0 unspecified atom stereocenters. The summed E-state index contributed by atoms with van der Waals surface area (Å²) in [5.41, 5.74) is 3.78. The van der Waals surface area contributed by atoms with Crippen LogP contribution in [-0.2, 0) is 10.0 Å². The summed E-state index contributed by atoms with van der Waals surface area (Å²) in [6.45, 7) is 1.60. The second-order valence-electron chi connectivity index (χ2n) is 6.88. The molecule has 0 saturated heterocycles. The molecule has 2 N–H and O–H groups in total. The van der Waals surface area contributed by atoms with E-state index in [9.17, 15) is 22.0 Å². The molecule has 1 amide bonds. The van der Waals surface area contributed by atoms with Crippen molar-refractivity contribution >= 4 is 26.8 Å². The molecule has 0 spiro atoms. The molecule has 0 aliphatic rings. The summed E-state index contributed by atoms with van der Waals surface area (Å²) < 4.78 is 55.3. The lowest BCUT2D eigenvalue weighted by Gasteiger charge is -2.10. The van der Waals surface area contributed by atoms with Crippen LogP contribution in [0.4, 0.5) is 8.78 Å².